The first-order valence-electron chi connectivity index (χ1n) is 9.31. The molecule has 0 N–H and O–H groups in total. The number of methoxy groups -OCH3 is 1. The molecule has 0 aromatic heterocycles. The van der Waals surface area contributed by atoms with E-state index in [2.05, 4.69) is 41.3 Å². The van der Waals surface area contributed by atoms with Gasteiger partial charge in [0.2, 0.25) is 0 Å². The lowest BCUT2D eigenvalue weighted by Crippen LogP contribution is -2.35. The second-order valence-electron chi connectivity index (χ2n) is 6.78. The van der Waals surface area contributed by atoms with E-state index in [4.69, 9.17) is 9.47 Å². The fourth-order valence-electron chi connectivity index (χ4n) is 3.44. The van der Waals surface area contributed by atoms with E-state index in [0.717, 1.165) is 38.1 Å². The first-order chi connectivity index (χ1) is 12.7. The first kappa shape index (κ1) is 18.5. The van der Waals surface area contributed by atoms with E-state index >= 15 is 0 Å². The zero-order valence-corrected chi connectivity index (χ0v) is 15.4. The number of hydrogen-bond donors (Lipinski definition) is 0. The molecule has 1 saturated heterocycles. The van der Waals surface area contributed by atoms with Gasteiger partial charge in [-0.1, -0.05) is 42.5 Å². The van der Waals surface area contributed by atoms with Gasteiger partial charge in [-0.2, -0.15) is 0 Å². The van der Waals surface area contributed by atoms with Crippen LogP contribution in [-0.4, -0.2) is 43.7 Å². The molecular weight excluding hydrogens is 326 g/mol. The largest absolute Gasteiger partial charge is 0.492 e. The second-order valence-corrected chi connectivity index (χ2v) is 6.78. The Labute approximate surface area is 155 Å². The Kier molecular flexibility index (Phi) is 6.67. The fourth-order valence-corrected chi connectivity index (χ4v) is 3.44. The summed E-state index contributed by atoms with van der Waals surface area (Å²) in [5.41, 5.74) is 2.59. The molecule has 1 aliphatic rings. The highest BCUT2D eigenvalue weighted by molar-refractivity contribution is 5.69. The minimum absolute atomic E-state index is 0.148. The van der Waals surface area contributed by atoms with Crippen LogP contribution in [0.25, 0.3) is 0 Å². The van der Waals surface area contributed by atoms with Crippen LogP contribution in [0.2, 0.25) is 0 Å². The molecule has 138 valence electrons. The molecule has 26 heavy (non-hydrogen) atoms. The van der Waals surface area contributed by atoms with Gasteiger partial charge < -0.3 is 9.47 Å². The van der Waals surface area contributed by atoms with Crippen LogP contribution in [0, 0.1) is 0 Å². The molecule has 2 aromatic rings. The summed E-state index contributed by atoms with van der Waals surface area (Å²) in [5, 5.41) is 0. The van der Waals surface area contributed by atoms with Gasteiger partial charge in [0.1, 0.15) is 12.4 Å². The third-order valence-electron chi connectivity index (χ3n) is 4.95. The van der Waals surface area contributed by atoms with Gasteiger partial charge >= 0.3 is 5.97 Å². The quantitative estimate of drug-likeness (QED) is 0.679. The number of nitrogens with zero attached hydrogens (tertiary/aromatic N) is 1. The van der Waals surface area contributed by atoms with Gasteiger partial charge in [-0.05, 0) is 49.1 Å². The lowest BCUT2D eigenvalue weighted by molar-refractivity contribution is -0.141. The average Bonchev–Trinajstić information content (AvgIpc) is 3.14. The van der Waals surface area contributed by atoms with Crippen LogP contribution in [0.15, 0.2) is 54.6 Å². The SMILES string of the molecule is COC(=O)CCN1CCCC1COc1ccc(Cc2ccccc2)cc1. The fraction of sp³-hybridized carbons (Fsp3) is 0.409. The molecule has 1 unspecified atom stereocenters. The van der Waals surface area contributed by atoms with E-state index in [9.17, 15) is 4.79 Å². The van der Waals surface area contributed by atoms with Crippen molar-refractivity contribution in [1.29, 1.82) is 0 Å². The monoisotopic (exact) mass is 353 g/mol. The summed E-state index contributed by atoms with van der Waals surface area (Å²) in [4.78, 5) is 13.7. The lowest BCUT2D eigenvalue weighted by atomic mass is 10.1. The van der Waals surface area contributed by atoms with Crippen LogP contribution in [-0.2, 0) is 16.0 Å². The maximum atomic E-state index is 11.3. The number of ether oxygens (including phenoxy) is 2. The zero-order chi connectivity index (χ0) is 18.2. The summed E-state index contributed by atoms with van der Waals surface area (Å²) < 4.78 is 10.7. The van der Waals surface area contributed by atoms with Crippen molar-refractivity contribution in [3.63, 3.8) is 0 Å². The summed E-state index contributed by atoms with van der Waals surface area (Å²) >= 11 is 0. The highest BCUT2D eigenvalue weighted by Gasteiger charge is 2.25. The maximum absolute atomic E-state index is 11.3. The van der Waals surface area contributed by atoms with Crippen LogP contribution in [0.1, 0.15) is 30.4 Å². The standard InChI is InChI=1S/C22H27NO3/c1-25-22(24)13-15-23-14-5-8-20(23)17-26-21-11-9-19(10-12-21)16-18-6-3-2-4-7-18/h2-4,6-7,9-12,20H,5,8,13-17H2,1H3. The van der Waals surface area contributed by atoms with Gasteiger partial charge in [0.25, 0.3) is 0 Å². The molecule has 1 aliphatic heterocycles. The minimum Gasteiger partial charge on any atom is -0.492 e. The van der Waals surface area contributed by atoms with E-state index in [1.165, 1.54) is 18.2 Å². The summed E-state index contributed by atoms with van der Waals surface area (Å²) in [5.74, 6) is 0.757. The molecule has 4 heteroatoms. The van der Waals surface area contributed by atoms with Crippen molar-refractivity contribution < 1.29 is 14.3 Å². The highest BCUT2D eigenvalue weighted by Crippen LogP contribution is 2.20. The van der Waals surface area contributed by atoms with E-state index < -0.39 is 0 Å². The summed E-state index contributed by atoms with van der Waals surface area (Å²) in [6.45, 7) is 2.44. The molecule has 3 rings (SSSR count). The topological polar surface area (TPSA) is 38.8 Å². The number of benzene rings is 2. The van der Waals surface area contributed by atoms with E-state index in [1.54, 1.807) is 0 Å². The third kappa shape index (κ3) is 5.33. The molecule has 0 amide bonds. The van der Waals surface area contributed by atoms with Crippen molar-refractivity contribution in [2.24, 2.45) is 0 Å². The van der Waals surface area contributed by atoms with Gasteiger partial charge in [0.05, 0.1) is 13.5 Å². The normalized spacial score (nSPS) is 17.2. The minimum atomic E-state index is -0.148. The van der Waals surface area contributed by atoms with Crippen molar-refractivity contribution in [2.75, 3.05) is 26.8 Å². The Bertz CT molecular complexity index is 684. The lowest BCUT2D eigenvalue weighted by Gasteiger charge is -2.24. The second kappa shape index (κ2) is 9.39. The zero-order valence-electron chi connectivity index (χ0n) is 15.4. The molecule has 0 aliphatic carbocycles. The smallest absolute Gasteiger partial charge is 0.306 e. The Hall–Kier alpha value is -2.33. The van der Waals surface area contributed by atoms with Gasteiger partial charge in [-0.3, -0.25) is 9.69 Å². The van der Waals surface area contributed by atoms with Crippen LogP contribution < -0.4 is 4.74 Å². The first-order valence-corrected chi connectivity index (χ1v) is 9.31. The maximum Gasteiger partial charge on any atom is 0.306 e. The highest BCUT2D eigenvalue weighted by atomic mass is 16.5. The van der Waals surface area contributed by atoms with Crippen molar-refractivity contribution in [2.45, 2.75) is 31.7 Å². The third-order valence-corrected chi connectivity index (χ3v) is 4.95. The molecular formula is C22H27NO3. The number of carbonyl (C=O) groups is 1. The molecule has 4 nitrogen and oxygen atoms in total. The van der Waals surface area contributed by atoms with Crippen molar-refractivity contribution in [3.05, 3.63) is 65.7 Å². The molecule has 0 radical (unpaired) electrons. The molecule has 1 fully saturated rings. The van der Waals surface area contributed by atoms with Gasteiger partial charge in [0.15, 0.2) is 0 Å². The van der Waals surface area contributed by atoms with Crippen LogP contribution >= 0.6 is 0 Å². The molecule has 0 saturated carbocycles. The molecule has 1 atom stereocenters. The number of likely N-dealkylation sites (tertiary alicyclic amines) is 1. The predicted octanol–water partition coefficient (Wildman–Crippen LogP) is 3.68. The molecule has 2 aromatic carbocycles. The van der Waals surface area contributed by atoms with Crippen molar-refractivity contribution in [3.8, 4) is 5.75 Å². The Balaban J connectivity index is 1.47. The number of hydrogen-bond acceptors (Lipinski definition) is 4. The van der Waals surface area contributed by atoms with Crippen LogP contribution in [0.5, 0.6) is 5.75 Å². The number of rotatable bonds is 8. The van der Waals surface area contributed by atoms with Gasteiger partial charge in [0, 0.05) is 12.6 Å². The predicted molar refractivity (Wildman–Crippen MR) is 102 cm³/mol. The van der Waals surface area contributed by atoms with Crippen LogP contribution in [0.4, 0.5) is 0 Å². The summed E-state index contributed by atoms with van der Waals surface area (Å²) in [6, 6.07) is 19.2. The van der Waals surface area contributed by atoms with Crippen molar-refractivity contribution in [1.82, 2.24) is 4.90 Å². The average molecular weight is 353 g/mol. The molecule has 0 spiro atoms. The van der Waals surface area contributed by atoms with Gasteiger partial charge in [-0.15, -0.1) is 0 Å². The Morgan fingerprint density at radius 2 is 1.81 bits per heavy atom. The van der Waals surface area contributed by atoms with Gasteiger partial charge in [-0.25, -0.2) is 0 Å². The summed E-state index contributed by atoms with van der Waals surface area (Å²) in [7, 11) is 1.44. The van der Waals surface area contributed by atoms with Crippen molar-refractivity contribution >= 4 is 5.97 Å². The van der Waals surface area contributed by atoms with Crippen LogP contribution in [0.3, 0.4) is 0 Å². The number of esters is 1. The Morgan fingerprint density at radius 3 is 2.54 bits per heavy atom. The van der Waals surface area contributed by atoms with E-state index in [-0.39, 0.29) is 5.97 Å². The van der Waals surface area contributed by atoms with E-state index in [1.807, 2.05) is 18.2 Å². The molecule has 0 bridgehead atoms. The van der Waals surface area contributed by atoms with E-state index in [0.29, 0.717) is 19.1 Å². The molecule has 1 heterocycles. The Morgan fingerprint density at radius 1 is 1.08 bits per heavy atom. The summed E-state index contributed by atoms with van der Waals surface area (Å²) in [6.07, 6.45) is 3.66. The number of carbonyl (C=O) groups excluding carboxylic acids is 1.